The van der Waals surface area contributed by atoms with Gasteiger partial charge in [-0.3, -0.25) is 9.48 Å². The first-order valence-electron chi connectivity index (χ1n) is 6.00. The Hall–Kier alpha value is -2.17. The summed E-state index contributed by atoms with van der Waals surface area (Å²) in [7, 11) is 1.78. The van der Waals surface area contributed by atoms with Crippen molar-refractivity contribution in [1.82, 2.24) is 9.78 Å². The molecule has 0 saturated heterocycles. The lowest BCUT2D eigenvalue weighted by Gasteiger charge is -2.11. The van der Waals surface area contributed by atoms with Gasteiger partial charge in [-0.1, -0.05) is 12.1 Å². The zero-order chi connectivity index (χ0) is 13.8. The molecule has 1 N–H and O–H groups in total. The lowest BCUT2D eigenvalue weighted by molar-refractivity contribution is -0.141. The Morgan fingerprint density at radius 1 is 1.42 bits per heavy atom. The number of carbonyl (C=O) groups is 1. The first-order chi connectivity index (χ1) is 9.04. The van der Waals surface area contributed by atoms with Crippen LogP contribution in [0.2, 0.25) is 0 Å². The summed E-state index contributed by atoms with van der Waals surface area (Å²) < 4.78 is 14.7. The minimum absolute atomic E-state index is 0.295. The largest absolute Gasteiger partial charge is 0.481 e. The van der Waals surface area contributed by atoms with E-state index in [4.69, 9.17) is 0 Å². The molecule has 0 bridgehead atoms. The second-order valence-corrected chi connectivity index (χ2v) is 4.55. The molecule has 19 heavy (non-hydrogen) atoms. The van der Waals surface area contributed by atoms with E-state index in [1.807, 2.05) is 0 Å². The summed E-state index contributed by atoms with van der Waals surface area (Å²) in [6.45, 7) is 0. The zero-order valence-corrected chi connectivity index (χ0v) is 10.6. The monoisotopic (exact) mass is 262 g/mol. The standard InChI is InChI=1S/C14H15FN2O2/c1-17-6-5-13(16-17)9-11(14(18)19)7-10-3-2-4-12(15)8-10/h2-6,8,11H,7,9H2,1H3,(H,18,19). The Bertz CT molecular complexity index is 580. The van der Waals surface area contributed by atoms with E-state index in [0.717, 1.165) is 5.69 Å². The van der Waals surface area contributed by atoms with Gasteiger partial charge in [-0.15, -0.1) is 0 Å². The molecule has 0 fully saturated rings. The smallest absolute Gasteiger partial charge is 0.307 e. The van der Waals surface area contributed by atoms with Crippen LogP contribution in [0.1, 0.15) is 11.3 Å². The number of rotatable bonds is 5. The van der Waals surface area contributed by atoms with E-state index in [9.17, 15) is 14.3 Å². The van der Waals surface area contributed by atoms with Crippen LogP contribution < -0.4 is 0 Å². The molecule has 2 aromatic rings. The normalized spacial score (nSPS) is 12.3. The molecule has 0 radical (unpaired) electrons. The van der Waals surface area contributed by atoms with Crippen LogP contribution in [0.25, 0.3) is 0 Å². The summed E-state index contributed by atoms with van der Waals surface area (Å²) in [5.41, 5.74) is 1.41. The number of halogens is 1. The number of hydrogen-bond donors (Lipinski definition) is 1. The summed E-state index contributed by atoms with van der Waals surface area (Å²) in [6, 6.07) is 7.83. The van der Waals surface area contributed by atoms with Crippen molar-refractivity contribution < 1.29 is 14.3 Å². The number of aliphatic carboxylic acids is 1. The molecule has 0 aliphatic carbocycles. The molecule has 0 amide bonds. The molecule has 1 aromatic heterocycles. The highest BCUT2D eigenvalue weighted by Gasteiger charge is 2.20. The van der Waals surface area contributed by atoms with Gasteiger partial charge in [0, 0.05) is 19.7 Å². The van der Waals surface area contributed by atoms with Gasteiger partial charge < -0.3 is 5.11 Å². The lowest BCUT2D eigenvalue weighted by Crippen LogP contribution is -2.19. The third-order valence-electron chi connectivity index (χ3n) is 2.94. The molecule has 4 nitrogen and oxygen atoms in total. The maximum atomic E-state index is 13.1. The van der Waals surface area contributed by atoms with Gasteiger partial charge >= 0.3 is 5.97 Å². The molecule has 2 rings (SSSR count). The highest BCUT2D eigenvalue weighted by molar-refractivity contribution is 5.70. The van der Waals surface area contributed by atoms with Gasteiger partial charge in [0.25, 0.3) is 0 Å². The maximum Gasteiger partial charge on any atom is 0.307 e. The topological polar surface area (TPSA) is 55.1 Å². The van der Waals surface area contributed by atoms with Crippen molar-refractivity contribution in [3.8, 4) is 0 Å². The minimum Gasteiger partial charge on any atom is -0.481 e. The highest BCUT2D eigenvalue weighted by Crippen LogP contribution is 2.15. The minimum atomic E-state index is -0.894. The summed E-state index contributed by atoms with van der Waals surface area (Å²) in [6.07, 6.45) is 2.41. The molecule has 1 heterocycles. The molecule has 0 aliphatic heterocycles. The summed E-state index contributed by atoms with van der Waals surface area (Å²) >= 11 is 0. The predicted octanol–water partition coefficient (Wildman–Crippen LogP) is 2.05. The van der Waals surface area contributed by atoms with Gasteiger partial charge in [-0.25, -0.2) is 4.39 Å². The van der Waals surface area contributed by atoms with Crippen LogP contribution in [0.15, 0.2) is 36.5 Å². The fourth-order valence-corrected chi connectivity index (χ4v) is 2.02. The van der Waals surface area contributed by atoms with Gasteiger partial charge in [-0.05, 0) is 30.2 Å². The van der Waals surface area contributed by atoms with Crippen LogP contribution in [0.5, 0.6) is 0 Å². The number of aromatic nitrogens is 2. The second kappa shape index (κ2) is 5.65. The van der Waals surface area contributed by atoms with Crippen molar-refractivity contribution in [2.24, 2.45) is 13.0 Å². The van der Waals surface area contributed by atoms with Crippen molar-refractivity contribution in [1.29, 1.82) is 0 Å². The van der Waals surface area contributed by atoms with E-state index in [0.29, 0.717) is 18.4 Å². The fraction of sp³-hybridized carbons (Fsp3) is 0.286. The maximum absolute atomic E-state index is 13.1. The number of carboxylic acids is 1. The van der Waals surface area contributed by atoms with Gasteiger partial charge in [0.05, 0.1) is 11.6 Å². The van der Waals surface area contributed by atoms with Crippen molar-refractivity contribution in [3.05, 3.63) is 53.6 Å². The summed E-state index contributed by atoms with van der Waals surface area (Å²) in [5.74, 6) is -1.84. The zero-order valence-electron chi connectivity index (χ0n) is 10.6. The molecular weight excluding hydrogens is 247 g/mol. The third kappa shape index (κ3) is 3.64. The predicted molar refractivity (Wildman–Crippen MR) is 68.1 cm³/mol. The SMILES string of the molecule is Cn1ccc(CC(Cc2cccc(F)c2)C(=O)O)n1. The van der Waals surface area contributed by atoms with Gasteiger partial charge in [0.1, 0.15) is 5.82 Å². The molecule has 0 aliphatic rings. The molecular formula is C14H15FN2O2. The van der Waals surface area contributed by atoms with Crippen LogP contribution in [0.3, 0.4) is 0 Å². The number of carboxylic acid groups (broad SMARTS) is 1. The van der Waals surface area contributed by atoms with Gasteiger partial charge in [0.2, 0.25) is 0 Å². The lowest BCUT2D eigenvalue weighted by atomic mass is 9.95. The molecule has 0 saturated carbocycles. The van der Waals surface area contributed by atoms with Crippen molar-refractivity contribution >= 4 is 5.97 Å². The molecule has 100 valence electrons. The number of hydrogen-bond acceptors (Lipinski definition) is 2. The first kappa shape index (κ1) is 13.3. The number of nitrogens with zero attached hydrogens (tertiary/aromatic N) is 2. The average molecular weight is 262 g/mol. The van der Waals surface area contributed by atoms with Crippen molar-refractivity contribution in [2.75, 3.05) is 0 Å². The Morgan fingerprint density at radius 2 is 2.21 bits per heavy atom. The van der Waals surface area contributed by atoms with E-state index in [1.165, 1.54) is 12.1 Å². The second-order valence-electron chi connectivity index (χ2n) is 4.55. The Kier molecular flexibility index (Phi) is 3.94. The fourth-order valence-electron chi connectivity index (χ4n) is 2.02. The molecule has 0 spiro atoms. The molecule has 1 unspecified atom stereocenters. The van der Waals surface area contributed by atoms with Gasteiger partial charge in [0.15, 0.2) is 0 Å². The summed E-state index contributed by atoms with van der Waals surface area (Å²) in [4.78, 5) is 11.3. The highest BCUT2D eigenvalue weighted by atomic mass is 19.1. The van der Waals surface area contributed by atoms with E-state index >= 15 is 0 Å². The molecule has 1 aromatic carbocycles. The first-order valence-corrected chi connectivity index (χ1v) is 6.00. The van der Waals surface area contributed by atoms with E-state index < -0.39 is 11.9 Å². The van der Waals surface area contributed by atoms with Crippen LogP contribution in [0.4, 0.5) is 4.39 Å². The van der Waals surface area contributed by atoms with Gasteiger partial charge in [-0.2, -0.15) is 5.10 Å². The van der Waals surface area contributed by atoms with Crippen LogP contribution in [-0.4, -0.2) is 20.9 Å². The van der Waals surface area contributed by atoms with E-state index in [1.54, 1.807) is 36.1 Å². The van der Waals surface area contributed by atoms with Crippen LogP contribution in [-0.2, 0) is 24.7 Å². The van der Waals surface area contributed by atoms with Crippen LogP contribution >= 0.6 is 0 Å². The quantitative estimate of drug-likeness (QED) is 0.897. The third-order valence-corrected chi connectivity index (χ3v) is 2.94. The molecule has 1 atom stereocenters. The van der Waals surface area contributed by atoms with Crippen molar-refractivity contribution in [2.45, 2.75) is 12.8 Å². The summed E-state index contributed by atoms with van der Waals surface area (Å²) in [5, 5.41) is 13.4. The average Bonchev–Trinajstić information content (AvgIpc) is 2.74. The number of benzene rings is 1. The molecule has 5 heteroatoms. The van der Waals surface area contributed by atoms with E-state index in [2.05, 4.69) is 5.10 Å². The Balaban J connectivity index is 2.10. The Morgan fingerprint density at radius 3 is 2.79 bits per heavy atom. The van der Waals surface area contributed by atoms with Crippen LogP contribution in [0, 0.1) is 11.7 Å². The number of aryl methyl sites for hydroxylation is 1. The van der Waals surface area contributed by atoms with Crippen molar-refractivity contribution in [3.63, 3.8) is 0 Å². The Labute approximate surface area is 110 Å². The van der Waals surface area contributed by atoms with E-state index in [-0.39, 0.29) is 5.82 Å².